The van der Waals surface area contributed by atoms with Crippen molar-refractivity contribution in [3.05, 3.63) is 0 Å². The van der Waals surface area contributed by atoms with Gasteiger partial charge in [0.15, 0.2) is 12.6 Å². The Bertz CT molecular complexity index is 1230. The zero-order valence-corrected chi connectivity index (χ0v) is 36.8. The number of hydrogen-bond donors (Lipinski definition) is 7. The van der Waals surface area contributed by atoms with Crippen molar-refractivity contribution < 1.29 is 58.7 Å². The largest absolute Gasteiger partial charge is 0.457 e. The van der Waals surface area contributed by atoms with E-state index >= 15 is 0 Å². The second-order valence-electron chi connectivity index (χ2n) is 18.2. The van der Waals surface area contributed by atoms with Crippen molar-refractivity contribution in [3.63, 3.8) is 0 Å². The van der Waals surface area contributed by atoms with E-state index in [0.29, 0.717) is 19.5 Å². The Kier molecular flexibility index (Phi) is 17.6. The Hall–Kier alpha value is -1.05. The quantitative estimate of drug-likeness (QED) is 0.105. The van der Waals surface area contributed by atoms with E-state index in [1.165, 1.54) is 14.0 Å². The van der Waals surface area contributed by atoms with E-state index in [-0.39, 0.29) is 43.9 Å². The molecule has 0 aromatic rings. The van der Waals surface area contributed by atoms with Gasteiger partial charge in [-0.25, -0.2) is 0 Å². The summed E-state index contributed by atoms with van der Waals surface area (Å²) in [5.74, 6) is -2.67. The van der Waals surface area contributed by atoms with Gasteiger partial charge in [0.05, 0.1) is 42.0 Å². The fourth-order valence-corrected chi connectivity index (χ4v) is 9.21. The van der Waals surface area contributed by atoms with Gasteiger partial charge in [0.25, 0.3) is 0 Å². The summed E-state index contributed by atoms with van der Waals surface area (Å²) in [7, 11) is 5.31. The van der Waals surface area contributed by atoms with Crippen LogP contribution in [0.2, 0.25) is 0 Å². The second kappa shape index (κ2) is 20.0. The number of methoxy groups -OCH3 is 1. The maximum absolute atomic E-state index is 14.5. The average Bonchev–Trinajstić information content (AvgIpc) is 3.12. The fraction of sp³-hybridized carbons (Fsp3) is 0.976. The van der Waals surface area contributed by atoms with Crippen molar-refractivity contribution in [2.24, 2.45) is 17.8 Å². The number of rotatable bonds is 13. The minimum Gasteiger partial charge on any atom is -0.457 e. The van der Waals surface area contributed by atoms with Crippen molar-refractivity contribution in [2.45, 2.75) is 198 Å². The molecule has 0 spiro atoms. The molecule has 15 nitrogen and oxygen atoms in total. The number of carbonyl (C=O) groups is 1. The number of aliphatic hydroxyl groups is 5. The molecule has 0 bridgehead atoms. The maximum atomic E-state index is 14.5. The van der Waals surface area contributed by atoms with Gasteiger partial charge in [-0.1, -0.05) is 27.7 Å². The van der Waals surface area contributed by atoms with Gasteiger partial charge in [-0.15, -0.1) is 0 Å². The molecule has 3 aliphatic heterocycles. The summed E-state index contributed by atoms with van der Waals surface area (Å²) >= 11 is 0. The molecule has 0 aromatic heterocycles. The summed E-state index contributed by atoms with van der Waals surface area (Å²) in [6, 6.07) is -0.875. The summed E-state index contributed by atoms with van der Waals surface area (Å²) in [6.07, 6.45) is -6.62. The van der Waals surface area contributed by atoms with Crippen LogP contribution in [0.25, 0.3) is 0 Å². The molecular formula is C41H79N3O12. The predicted molar refractivity (Wildman–Crippen MR) is 212 cm³/mol. The highest BCUT2D eigenvalue weighted by Crippen LogP contribution is 2.43. The van der Waals surface area contributed by atoms with Crippen molar-refractivity contribution in [1.29, 1.82) is 0 Å². The molecule has 0 saturated carbocycles. The van der Waals surface area contributed by atoms with Gasteiger partial charge >= 0.3 is 5.97 Å². The lowest BCUT2D eigenvalue weighted by Crippen LogP contribution is -2.70. The van der Waals surface area contributed by atoms with Crippen LogP contribution in [0.3, 0.4) is 0 Å². The molecule has 18 atom stereocenters. The Morgan fingerprint density at radius 2 is 1.70 bits per heavy atom. The minimum absolute atomic E-state index is 0.0928. The van der Waals surface area contributed by atoms with Crippen LogP contribution in [-0.2, 0) is 33.2 Å². The molecule has 15 heteroatoms. The summed E-state index contributed by atoms with van der Waals surface area (Å²) in [6.45, 7) is 20.9. The third kappa shape index (κ3) is 11.0. The SMILES string of the molecule is CCCNC[C@]1(O)[C@H](C)O[C@@H](O[C@H]2[C@H](C)[C@@H](O[C@@H]3O[C@H](C)C[C@H](N(C)C)[C@H]3O)[C@](C)(O)C[C@@H](C)CN[C@H](C)C([C@](C)(O)[C@H](O)CC)OC(=O)[C@@H]2C)C[C@@]1(C)OC. The predicted octanol–water partition coefficient (Wildman–Crippen LogP) is 1.93. The average molecular weight is 806 g/mol. The Morgan fingerprint density at radius 1 is 1.05 bits per heavy atom. The van der Waals surface area contributed by atoms with E-state index in [2.05, 4.69) is 10.6 Å². The van der Waals surface area contributed by atoms with Gasteiger partial charge in [-0.05, 0) is 107 Å². The van der Waals surface area contributed by atoms with Gasteiger partial charge < -0.3 is 69.5 Å². The highest BCUT2D eigenvalue weighted by molar-refractivity contribution is 5.73. The van der Waals surface area contributed by atoms with Crippen LogP contribution < -0.4 is 10.6 Å². The Balaban J connectivity index is 2.16. The molecule has 3 heterocycles. The normalized spacial score (nSPS) is 45.2. The monoisotopic (exact) mass is 806 g/mol. The standard InChI is InChI=1S/C41H79N3O12/c1-15-17-42-22-41(50)28(8)53-31(20-39(41,10)51-14)54-33-25(5)34(56-37-32(46)29(44(12)13)18-24(4)52-37)38(9,48)19-23(3)21-43-27(7)35(55-36(47)26(33)6)40(11,49)30(45)16-2/h23-35,37,42-43,45-46,48-50H,15-22H2,1-14H3/t23-,24-,25+,26-,27-,28+,29+,30-,31+,32-,33+,34-,35?,37+,38-,39-,40-,41+/m1/s1. The molecule has 0 radical (unpaired) electrons. The number of ether oxygens (including phenoxy) is 6. The van der Waals surface area contributed by atoms with Crippen molar-refractivity contribution in [2.75, 3.05) is 40.8 Å². The molecule has 0 aromatic carbocycles. The number of likely N-dealkylation sites (N-methyl/N-ethyl adjacent to an activating group) is 1. The molecule has 3 saturated heterocycles. The number of cyclic esters (lactones) is 1. The van der Waals surface area contributed by atoms with Gasteiger partial charge in [0.2, 0.25) is 0 Å². The molecule has 7 N–H and O–H groups in total. The first-order chi connectivity index (χ1) is 25.9. The van der Waals surface area contributed by atoms with Crippen LogP contribution in [0, 0.1) is 17.8 Å². The Labute approximate surface area is 336 Å². The number of hydrogen-bond acceptors (Lipinski definition) is 15. The van der Waals surface area contributed by atoms with E-state index in [9.17, 15) is 30.3 Å². The highest BCUT2D eigenvalue weighted by atomic mass is 16.7. The van der Waals surface area contributed by atoms with E-state index in [1.54, 1.807) is 34.6 Å². The molecule has 3 fully saturated rings. The molecule has 56 heavy (non-hydrogen) atoms. The van der Waals surface area contributed by atoms with Gasteiger partial charge in [-0.3, -0.25) is 4.79 Å². The summed E-state index contributed by atoms with van der Waals surface area (Å²) in [4.78, 5) is 16.4. The lowest BCUT2D eigenvalue weighted by Gasteiger charge is -2.53. The fourth-order valence-electron chi connectivity index (χ4n) is 9.21. The smallest absolute Gasteiger partial charge is 0.311 e. The molecule has 0 aliphatic carbocycles. The maximum Gasteiger partial charge on any atom is 0.311 e. The van der Waals surface area contributed by atoms with Crippen molar-refractivity contribution in [1.82, 2.24) is 15.5 Å². The summed E-state index contributed by atoms with van der Waals surface area (Å²) in [5, 5.41) is 65.4. The van der Waals surface area contributed by atoms with Gasteiger partial charge in [-0.2, -0.15) is 0 Å². The van der Waals surface area contributed by atoms with Crippen LogP contribution in [0.15, 0.2) is 0 Å². The molecule has 330 valence electrons. The van der Waals surface area contributed by atoms with Crippen LogP contribution >= 0.6 is 0 Å². The third-order valence-corrected chi connectivity index (χ3v) is 13.0. The number of nitrogens with one attached hydrogen (secondary N) is 2. The lowest BCUT2D eigenvalue weighted by molar-refractivity contribution is -0.336. The van der Waals surface area contributed by atoms with E-state index in [1.807, 2.05) is 53.6 Å². The van der Waals surface area contributed by atoms with E-state index in [4.69, 9.17) is 28.4 Å². The lowest BCUT2D eigenvalue weighted by atomic mass is 9.75. The molecule has 0 amide bonds. The zero-order chi connectivity index (χ0) is 42.6. The first-order valence-electron chi connectivity index (χ1n) is 20.9. The van der Waals surface area contributed by atoms with Crippen LogP contribution in [0.5, 0.6) is 0 Å². The molecule has 1 unspecified atom stereocenters. The summed E-state index contributed by atoms with van der Waals surface area (Å²) in [5.41, 5.74) is -5.93. The number of carbonyl (C=O) groups excluding carboxylic acids is 1. The van der Waals surface area contributed by atoms with Crippen molar-refractivity contribution >= 4 is 5.97 Å². The van der Waals surface area contributed by atoms with Gasteiger partial charge in [0.1, 0.15) is 29.0 Å². The second-order valence-corrected chi connectivity index (χ2v) is 18.2. The number of nitrogens with zero attached hydrogens (tertiary/aromatic N) is 1. The first-order valence-corrected chi connectivity index (χ1v) is 20.9. The first kappa shape index (κ1) is 49.3. The third-order valence-electron chi connectivity index (χ3n) is 13.0. The molecule has 3 rings (SSSR count). The Morgan fingerprint density at radius 3 is 2.27 bits per heavy atom. The zero-order valence-electron chi connectivity index (χ0n) is 36.8. The van der Waals surface area contributed by atoms with Gasteiger partial charge in [0, 0.05) is 38.1 Å². The highest BCUT2D eigenvalue weighted by Gasteiger charge is 2.58. The van der Waals surface area contributed by atoms with Crippen LogP contribution in [0.4, 0.5) is 0 Å². The van der Waals surface area contributed by atoms with E-state index < -0.39 is 95.5 Å². The topological polar surface area (TPSA) is 201 Å². The number of aliphatic hydroxyl groups excluding tert-OH is 2. The minimum atomic E-state index is -1.81. The van der Waals surface area contributed by atoms with Crippen molar-refractivity contribution in [3.8, 4) is 0 Å². The molecular weight excluding hydrogens is 726 g/mol. The number of esters is 1. The van der Waals surface area contributed by atoms with Crippen LogP contribution in [-0.4, -0.2) is 167 Å². The summed E-state index contributed by atoms with van der Waals surface area (Å²) < 4.78 is 38.4. The van der Waals surface area contributed by atoms with Crippen LogP contribution in [0.1, 0.15) is 108 Å². The molecule has 3 aliphatic rings. The van der Waals surface area contributed by atoms with E-state index in [0.717, 1.165) is 6.42 Å².